The molecule has 3 heteroatoms. The lowest BCUT2D eigenvalue weighted by Gasteiger charge is -2.23. The Labute approximate surface area is 88.9 Å². The smallest absolute Gasteiger partial charge is 0.125 e. The number of anilines is 1. The number of nitrogens with zero attached hydrogens (tertiary/aromatic N) is 1. The van der Waals surface area contributed by atoms with Gasteiger partial charge in [0.25, 0.3) is 0 Å². The largest absolute Gasteiger partial charge is 0.369 e. The number of rotatable bonds is 2. The van der Waals surface area contributed by atoms with Crippen molar-refractivity contribution in [2.75, 3.05) is 18.0 Å². The summed E-state index contributed by atoms with van der Waals surface area (Å²) in [6.07, 6.45) is 3.23. The predicted octanol–water partition coefficient (Wildman–Crippen LogP) is 1.68. The quantitative estimate of drug-likeness (QED) is 0.797. The van der Waals surface area contributed by atoms with Gasteiger partial charge in [-0.05, 0) is 37.0 Å². The maximum absolute atomic E-state index is 13.1. The first kappa shape index (κ1) is 9.16. The van der Waals surface area contributed by atoms with Crippen LogP contribution >= 0.6 is 0 Å². The summed E-state index contributed by atoms with van der Waals surface area (Å²) in [6, 6.07) is 5.06. The highest BCUT2D eigenvalue weighted by molar-refractivity contribution is 5.58. The van der Waals surface area contributed by atoms with Crippen molar-refractivity contribution >= 4 is 5.69 Å². The summed E-state index contributed by atoms with van der Waals surface area (Å²) >= 11 is 0. The third kappa shape index (κ3) is 1.61. The molecule has 2 nitrogen and oxygen atoms in total. The van der Waals surface area contributed by atoms with E-state index in [-0.39, 0.29) is 11.4 Å². The van der Waals surface area contributed by atoms with Gasteiger partial charge in [-0.2, -0.15) is 0 Å². The van der Waals surface area contributed by atoms with Crippen LogP contribution in [-0.2, 0) is 6.42 Å². The molecule has 2 aliphatic rings. The van der Waals surface area contributed by atoms with Crippen molar-refractivity contribution < 1.29 is 4.39 Å². The minimum Gasteiger partial charge on any atom is -0.369 e. The topological polar surface area (TPSA) is 29.3 Å². The molecule has 0 aromatic heterocycles. The maximum atomic E-state index is 13.1. The summed E-state index contributed by atoms with van der Waals surface area (Å²) in [4.78, 5) is 2.23. The maximum Gasteiger partial charge on any atom is 0.125 e. The summed E-state index contributed by atoms with van der Waals surface area (Å²) in [7, 11) is 0. The lowest BCUT2D eigenvalue weighted by atomic mass is 10.1. The van der Waals surface area contributed by atoms with Crippen LogP contribution in [0.25, 0.3) is 0 Å². The van der Waals surface area contributed by atoms with Gasteiger partial charge in [0.05, 0.1) is 0 Å². The SMILES string of the molecule is NC1(CN2CCc3ccc(F)cc32)CC1. The normalized spacial score (nSPS) is 21.6. The number of nitrogens with two attached hydrogens (primary N) is 1. The van der Waals surface area contributed by atoms with Gasteiger partial charge in [-0.1, -0.05) is 6.07 Å². The van der Waals surface area contributed by atoms with Crippen LogP contribution in [0.15, 0.2) is 18.2 Å². The van der Waals surface area contributed by atoms with Gasteiger partial charge in [0.15, 0.2) is 0 Å². The fourth-order valence-electron chi connectivity index (χ4n) is 2.28. The van der Waals surface area contributed by atoms with Gasteiger partial charge >= 0.3 is 0 Å². The molecule has 0 atom stereocenters. The summed E-state index contributed by atoms with van der Waals surface area (Å²) in [5.74, 6) is -0.150. The molecular weight excluding hydrogens is 191 g/mol. The van der Waals surface area contributed by atoms with Crippen LogP contribution in [0.2, 0.25) is 0 Å². The highest BCUT2D eigenvalue weighted by Crippen LogP contribution is 2.37. The second-order valence-corrected chi connectivity index (χ2v) is 4.81. The van der Waals surface area contributed by atoms with E-state index in [9.17, 15) is 4.39 Å². The van der Waals surface area contributed by atoms with Crippen molar-refractivity contribution in [3.63, 3.8) is 0 Å². The van der Waals surface area contributed by atoms with Gasteiger partial charge in [0, 0.05) is 24.3 Å². The summed E-state index contributed by atoms with van der Waals surface area (Å²) in [5, 5.41) is 0. The van der Waals surface area contributed by atoms with Gasteiger partial charge in [0.2, 0.25) is 0 Å². The van der Waals surface area contributed by atoms with E-state index in [2.05, 4.69) is 4.90 Å². The Morgan fingerprint density at radius 2 is 2.20 bits per heavy atom. The third-order valence-corrected chi connectivity index (χ3v) is 3.44. The molecule has 1 aliphatic heterocycles. The fraction of sp³-hybridized carbons (Fsp3) is 0.500. The fourth-order valence-corrected chi connectivity index (χ4v) is 2.28. The lowest BCUT2D eigenvalue weighted by molar-refractivity contribution is 0.622. The van der Waals surface area contributed by atoms with Gasteiger partial charge in [-0.15, -0.1) is 0 Å². The molecule has 1 heterocycles. The van der Waals surface area contributed by atoms with E-state index in [1.54, 1.807) is 6.07 Å². The number of hydrogen-bond acceptors (Lipinski definition) is 2. The molecule has 2 N–H and O–H groups in total. The molecule has 3 rings (SSSR count). The van der Waals surface area contributed by atoms with E-state index >= 15 is 0 Å². The Morgan fingerprint density at radius 1 is 1.40 bits per heavy atom. The first-order valence-corrected chi connectivity index (χ1v) is 5.49. The summed E-state index contributed by atoms with van der Waals surface area (Å²) in [5.41, 5.74) is 8.39. The van der Waals surface area contributed by atoms with E-state index < -0.39 is 0 Å². The molecule has 0 spiro atoms. The standard InChI is InChI=1S/C12H15FN2/c13-10-2-1-9-3-6-15(11(9)7-10)8-12(14)4-5-12/h1-2,7H,3-6,8,14H2. The zero-order valence-corrected chi connectivity index (χ0v) is 8.67. The number of fused-ring (bicyclic) bond motifs is 1. The Balaban J connectivity index is 1.86. The minimum absolute atomic E-state index is 0.00786. The van der Waals surface area contributed by atoms with Crippen molar-refractivity contribution in [1.82, 2.24) is 0 Å². The van der Waals surface area contributed by atoms with Crippen LogP contribution in [0, 0.1) is 5.82 Å². The van der Waals surface area contributed by atoms with Crippen molar-refractivity contribution in [3.05, 3.63) is 29.6 Å². The third-order valence-electron chi connectivity index (χ3n) is 3.44. The summed E-state index contributed by atoms with van der Waals surface area (Å²) < 4.78 is 13.1. The van der Waals surface area contributed by atoms with Gasteiger partial charge in [0.1, 0.15) is 5.82 Å². The molecule has 0 bridgehead atoms. The van der Waals surface area contributed by atoms with Crippen LogP contribution in [0.5, 0.6) is 0 Å². The van der Waals surface area contributed by atoms with Gasteiger partial charge in [-0.25, -0.2) is 4.39 Å². The number of halogens is 1. The van der Waals surface area contributed by atoms with E-state index in [1.807, 2.05) is 6.07 Å². The second kappa shape index (κ2) is 2.95. The monoisotopic (exact) mass is 206 g/mol. The molecule has 0 unspecified atom stereocenters. The predicted molar refractivity (Wildman–Crippen MR) is 58.5 cm³/mol. The molecule has 80 valence electrons. The molecule has 15 heavy (non-hydrogen) atoms. The summed E-state index contributed by atoms with van der Waals surface area (Å²) in [6.45, 7) is 1.86. The van der Waals surface area contributed by atoms with Crippen LogP contribution in [0.1, 0.15) is 18.4 Å². The highest BCUT2D eigenvalue weighted by Gasteiger charge is 2.40. The first-order valence-electron chi connectivity index (χ1n) is 5.49. The molecule has 0 amide bonds. The molecular formula is C12H15FN2. The first-order chi connectivity index (χ1) is 7.16. The van der Waals surface area contributed by atoms with Crippen LogP contribution in [0.3, 0.4) is 0 Å². The van der Waals surface area contributed by atoms with Crippen molar-refractivity contribution in [2.24, 2.45) is 5.73 Å². The van der Waals surface area contributed by atoms with E-state index in [1.165, 1.54) is 11.6 Å². The lowest BCUT2D eigenvalue weighted by Crippen LogP contribution is -2.38. The van der Waals surface area contributed by atoms with Crippen LogP contribution in [-0.4, -0.2) is 18.6 Å². The van der Waals surface area contributed by atoms with Crippen LogP contribution in [0.4, 0.5) is 10.1 Å². The van der Waals surface area contributed by atoms with Crippen LogP contribution < -0.4 is 10.6 Å². The molecule has 1 aromatic rings. The van der Waals surface area contributed by atoms with E-state index in [0.717, 1.165) is 38.0 Å². The molecule has 1 fully saturated rings. The number of hydrogen-bond donors (Lipinski definition) is 1. The second-order valence-electron chi connectivity index (χ2n) is 4.81. The Hall–Kier alpha value is -1.09. The van der Waals surface area contributed by atoms with E-state index in [0.29, 0.717) is 0 Å². The average Bonchev–Trinajstić information content (AvgIpc) is 2.80. The molecule has 1 aromatic carbocycles. The number of benzene rings is 1. The average molecular weight is 206 g/mol. The Morgan fingerprint density at radius 3 is 2.93 bits per heavy atom. The van der Waals surface area contributed by atoms with Crippen molar-refractivity contribution in [1.29, 1.82) is 0 Å². The zero-order valence-electron chi connectivity index (χ0n) is 8.67. The van der Waals surface area contributed by atoms with Gasteiger partial charge in [-0.3, -0.25) is 0 Å². The molecule has 0 radical (unpaired) electrons. The molecule has 0 saturated heterocycles. The Bertz CT molecular complexity index is 399. The van der Waals surface area contributed by atoms with Gasteiger partial charge < -0.3 is 10.6 Å². The Kier molecular flexibility index (Phi) is 1.80. The van der Waals surface area contributed by atoms with Crippen molar-refractivity contribution in [2.45, 2.75) is 24.8 Å². The highest BCUT2D eigenvalue weighted by atomic mass is 19.1. The zero-order chi connectivity index (χ0) is 10.5. The molecule has 1 saturated carbocycles. The van der Waals surface area contributed by atoms with E-state index in [4.69, 9.17) is 5.73 Å². The minimum atomic E-state index is -0.150. The van der Waals surface area contributed by atoms with Crippen molar-refractivity contribution in [3.8, 4) is 0 Å². The molecule has 1 aliphatic carbocycles.